The van der Waals surface area contributed by atoms with Crippen LogP contribution in [0.2, 0.25) is 0 Å². The van der Waals surface area contributed by atoms with E-state index in [1.54, 1.807) is 31.2 Å². The van der Waals surface area contributed by atoms with E-state index in [4.69, 9.17) is 4.74 Å². The molecule has 0 spiro atoms. The van der Waals surface area contributed by atoms with E-state index in [-0.39, 0.29) is 5.78 Å². The lowest BCUT2D eigenvalue weighted by Crippen LogP contribution is -2.45. The Morgan fingerprint density at radius 3 is 2.08 bits per heavy atom. The number of hydrogen-bond donors (Lipinski definition) is 2. The van der Waals surface area contributed by atoms with Gasteiger partial charge in [-0.15, -0.1) is 0 Å². The first-order valence-corrected chi connectivity index (χ1v) is 8.06. The van der Waals surface area contributed by atoms with E-state index in [2.05, 4.69) is 10.6 Å². The molecule has 2 N–H and O–H groups in total. The minimum atomic E-state index is -0.892. The summed E-state index contributed by atoms with van der Waals surface area (Å²) in [4.78, 5) is 35.5. The highest BCUT2D eigenvalue weighted by Crippen LogP contribution is 2.17. The van der Waals surface area contributed by atoms with Gasteiger partial charge in [0.25, 0.3) is 5.91 Å². The van der Waals surface area contributed by atoms with E-state index in [0.717, 1.165) is 0 Å². The SMILES string of the molecule is CCNC(=O)NC(=O)[C@H](C)Oc1ccc(C(=O)c2ccc(F)cc2)cc1. The second-order valence-corrected chi connectivity index (χ2v) is 5.47. The van der Waals surface area contributed by atoms with E-state index >= 15 is 0 Å². The van der Waals surface area contributed by atoms with Crippen LogP contribution in [0.4, 0.5) is 9.18 Å². The highest BCUT2D eigenvalue weighted by Gasteiger charge is 2.17. The fourth-order valence-electron chi connectivity index (χ4n) is 2.13. The number of amides is 3. The van der Waals surface area contributed by atoms with Gasteiger partial charge in [0, 0.05) is 17.7 Å². The average molecular weight is 358 g/mol. The van der Waals surface area contributed by atoms with Gasteiger partial charge >= 0.3 is 6.03 Å². The molecule has 0 aromatic heterocycles. The van der Waals surface area contributed by atoms with Gasteiger partial charge in [-0.05, 0) is 62.4 Å². The van der Waals surface area contributed by atoms with E-state index < -0.39 is 23.9 Å². The molecule has 2 rings (SSSR count). The number of halogens is 1. The molecule has 0 heterocycles. The zero-order chi connectivity index (χ0) is 19.1. The maximum atomic E-state index is 12.9. The summed E-state index contributed by atoms with van der Waals surface area (Å²) in [5.41, 5.74) is 0.776. The maximum absolute atomic E-state index is 12.9. The van der Waals surface area contributed by atoms with Crippen molar-refractivity contribution in [2.75, 3.05) is 6.54 Å². The Hall–Kier alpha value is -3.22. The van der Waals surface area contributed by atoms with Crippen LogP contribution in [0.1, 0.15) is 29.8 Å². The molecule has 0 aliphatic carbocycles. The minimum absolute atomic E-state index is 0.251. The van der Waals surface area contributed by atoms with Crippen LogP contribution in [-0.2, 0) is 4.79 Å². The van der Waals surface area contributed by atoms with Crippen LogP contribution >= 0.6 is 0 Å². The molecular weight excluding hydrogens is 339 g/mol. The number of nitrogens with one attached hydrogen (secondary N) is 2. The van der Waals surface area contributed by atoms with Gasteiger partial charge < -0.3 is 10.1 Å². The van der Waals surface area contributed by atoms with Crippen molar-refractivity contribution in [3.63, 3.8) is 0 Å². The molecule has 0 saturated carbocycles. The number of rotatable bonds is 6. The molecule has 0 radical (unpaired) electrons. The third-order valence-corrected chi connectivity index (χ3v) is 3.48. The largest absolute Gasteiger partial charge is 0.481 e. The lowest BCUT2D eigenvalue weighted by atomic mass is 10.0. The third-order valence-electron chi connectivity index (χ3n) is 3.48. The molecule has 1 atom stereocenters. The molecule has 7 heteroatoms. The predicted octanol–water partition coefficient (Wildman–Crippen LogP) is 2.67. The smallest absolute Gasteiger partial charge is 0.321 e. The number of ketones is 1. The van der Waals surface area contributed by atoms with Crippen LogP contribution in [0.15, 0.2) is 48.5 Å². The molecular formula is C19H19FN2O4. The third kappa shape index (κ3) is 5.14. The highest BCUT2D eigenvalue weighted by molar-refractivity contribution is 6.09. The number of benzene rings is 2. The first kappa shape index (κ1) is 19.1. The zero-order valence-electron chi connectivity index (χ0n) is 14.4. The zero-order valence-corrected chi connectivity index (χ0v) is 14.4. The van der Waals surface area contributed by atoms with Gasteiger partial charge in [-0.25, -0.2) is 9.18 Å². The van der Waals surface area contributed by atoms with Crippen molar-refractivity contribution in [1.82, 2.24) is 10.6 Å². The second-order valence-electron chi connectivity index (χ2n) is 5.47. The minimum Gasteiger partial charge on any atom is -0.481 e. The predicted molar refractivity (Wildman–Crippen MR) is 93.6 cm³/mol. The molecule has 2 aromatic carbocycles. The Kier molecular flexibility index (Phi) is 6.43. The van der Waals surface area contributed by atoms with E-state index in [1.807, 2.05) is 0 Å². The molecule has 0 fully saturated rings. The number of hydrogen-bond acceptors (Lipinski definition) is 4. The lowest BCUT2D eigenvalue weighted by molar-refractivity contribution is -0.126. The summed E-state index contributed by atoms with van der Waals surface area (Å²) >= 11 is 0. The van der Waals surface area contributed by atoms with Crippen LogP contribution in [0.25, 0.3) is 0 Å². The Morgan fingerprint density at radius 2 is 1.54 bits per heavy atom. The summed E-state index contributed by atoms with van der Waals surface area (Å²) < 4.78 is 18.4. The van der Waals surface area contributed by atoms with Crippen LogP contribution in [-0.4, -0.2) is 30.4 Å². The van der Waals surface area contributed by atoms with Gasteiger partial charge in [-0.1, -0.05) is 0 Å². The van der Waals surface area contributed by atoms with Crippen LogP contribution in [0.3, 0.4) is 0 Å². The number of carbonyl (C=O) groups is 3. The van der Waals surface area contributed by atoms with Crippen molar-refractivity contribution in [2.45, 2.75) is 20.0 Å². The molecule has 0 aliphatic heterocycles. The molecule has 0 aliphatic rings. The summed E-state index contributed by atoms with van der Waals surface area (Å²) in [5, 5.41) is 4.60. The Bertz CT molecular complexity index is 788. The summed E-state index contributed by atoms with van der Waals surface area (Å²) in [5.74, 6) is -0.870. The van der Waals surface area contributed by atoms with Gasteiger partial charge in [0.2, 0.25) is 0 Å². The van der Waals surface area contributed by atoms with Crippen molar-refractivity contribution >= 4 is 17.7 Å². The molecule has 0 bridgehead atoms. The Balaban J connectivity index is 1.98. The van der Waals surface area contributed by atoms with Crippen LogP contribution in [0, 0.1) is 5.82 Å². The number of imide groups is 1. The van der Waals surface area contributed by atoms with Crippen molar-refractivity contribution in [3.05, 3.63) is 65.5 Å². The summed E-state index contributed by atoms with van der Waals surface area (Å²) in [7, 11) is 0. The van der Waals surface area contributed by atoms with Gasteiger partial charge in [0.1, 0.15) is 11.6 Å². The molecule has 2 aromatic rings. The first-order valence-electron chi connectivity index (χ1n) is 8.06. The molecule has 136 valence electrons. The number of ether oxygens (including phenoxy) is 1. The summed E-state index contributed by atoms with van der Waals surface area (Å²) in [6, 6.07) is 10.9. The fourth-order valence-corrected chi connectivity index (χ4v) is 2.13. The fraction of sp³-hybridized carbons (Fsp3) is 0.211. The average Bonchev–Trinajstić information content (AvgIpc) is 2.62. The van der Waals surface area contributed by atoms with Crippen molar-refractivity contribution in [1.29, 1.82) is 0 Å². The van der Waals surface area contributed by atoms with Crippen molar-refractivity contribution in [2.24, 2.45) is 0 Å². The summed E-state index contributed by atoms with van der Waals surface area (Å²) in [6.45, 7) is 3.64. The topological polar surface area (TPSA) is 84.5 Å². The van der Waals surface area contributed by atoms with Gasteiger partial charge in [-0.3, -0.25) is 14.9 Å². The monoisotopic (exact) mass is 358 g/mol. The summed E-state index contributed by atoms with van der Waals surface area (Å²) in [6.07, 6.45) is -0.892. The quantitative estimate of drug-likeness (QED) is 0.778. The standard InChI is InChI=1S/C19H19FN2O4/c1-3-21-19(25)22-18(24)12(2)26-16-10-6-14(7-11-16)17(23)13-4-8-15(20)9-5-13/h4-12H,3H2,1-2H3,(H2,21,22,24,25)/t12-/m0/s1. The molecule has 3 amide bonds. The molecule has 0 saturated heterocycles. The normalized spacial score (nSPS) is 11.3. The number of urea groups is 1. The van der Waals surface area contributed by atoms with Crippen LogP contribution in [0.5, 0.6) is 5.75 Å². The van der Waals surface area contributed by atoms with Gasteiger partial charge in [-0.2, -0.15) is 0 Å². The lowest BCUT2D eigenvalue weighted by Gasteiger charge is -2.14. The first-order chi connectivity index (χ1) is 12.4. The molecule has 6 nitrogen and oxygen atoms in total. The van der Waals surface area contributed by atoms with Gasteiger partial charge in [0.15, 0.2) is 11.9 Å². The van der Waals surface area contributed by atoms with E-state index in [9.17, 15) is 18.8 Å². The second kappa shape index (κ2) is 8.75. The van der Waals surface area contributed by atoms with Crippen molar-refractivity contribution < 1.29 is 23.5 Å². The molecule has 26 heavy (non-hydrogen) atoms. The van der Waals surface area contributed by atoms with E-state index in [1.165, 1.54) is 31.2 Å². The molecule has 0 unspecified atom stereocenters. The Labute approximate surface area is 150 Å². The Morgan fingerprint density at radius 1 is 1.00 bits per heavy atom. The van der Waals surface area contributed by atoms with Crippen LogP contribution < -0.4 is 15.4 Å². The van der Waals surface area contributed by atoms with E-state index in [0.29, 0.717) is 23.4 Å². The maximum Gasteiger partial charge on any atom is 0.321 e. The highest BCUT2D eigenvalue weighted by atomic mass is 19.1. The van der Waals surface area contributed by atoms with Gasteiger partial charge in [0.05, 0.1) is 0 Å². The number of carbonyl (C=O) groups excluding carboxylic acids is 3. The van der Waals surface area contributed by atoms with Crippen molar-refractivity contribution in [3.8, 4) is 5.75 Å².